The number of carbonyl (C=O) groups excluding carboxylic acids is 1. The van der Waals surface area contributed by atoms with Crippen molar-refractivity contribution < 1.29 is 9.18 Å². The van der Waals surface area contributed by atoms with Crippen LogP contribution in [0.2, 0.25) is 5.02 Å². The minimum atomic E-state index is -0.410. The van der Waals surface area contributed by atoms with Gasteiger partial charge in [-0.15, -0.1) is 0 Å². The van der Waals surface area contributed by atoms with E-state index in [1.165, 1.54) is 12.1 Å². The van der Waals surface area contributed by atoms with Crippen molar-refractivity contribution in [1.29, 1.82) is 0 Å². The van der Waals surface area contributed by atoms with Crippen LogP contribution in [0, 0.1) is 5.82 Å². The van der Waals surface area contributed by atoms with Crippen LogP contribution in [-0.4, -0.2) is 27.6 Å². The van der Waals surface area contributed by atoms with E-state index in [1.54, 1.807) is 28.9 Å². The number of halogens is 2. The molecule has 0 unspecified atom stereocenters. The first-order valence-electron chi connectivity index (χ1n) is 7.80. The molecule has 0 bridgehead atoms. The Labute approximate surface area is 150 Å². The lowest BCUT2D eigenvalue weighted by Gasteiger charge is -2.18. The zero-order chi connectivity index (χ0) is 17.8. The predicted octanol–water partition coefficient (Wildman–Crippen LogP) is 3.87. The minimum absolute atomic E-state index is 0.0790. The SMILES string of the molecule is CN(Cc1ccc(-n2cccn2)cc1)C(=O)Cc1ccc(F)cc1Cl. The van der Waals surface area contributed by atoms with Gasteiger partial charge in [0.2, 0.25) is 5.91 Å². The number of amides is 1. The molecule has 3 rings (SSSR count). The van der Waals surface area contributed by atoms with Crippen LogP contribution >= 0.6 is 11.6 Å². The molecule has 0 aliphatic rings. The minimum Gasteiger partial charge on any atom is -0.341 e. The van der Waals surface area contributed by atoms with Gasteiger partial charge < -0.3 is 4.90 Å². The Hall–Kier alpha value is -2.66. The maximum absolute atomic E-state index is 13.1. The molecular weight excluding hydrogens is 341 g/mol. The molecule has 25 heavy (non-hydrogen) atoms. The van der Waals surface area contributed by atoms with E-state index in [2.05, 4.69) is 5.10 Å². The van der Waals surface area contributed by atoms with Gasteiger partial charge >= 0.3 is 0 Å². The fourth-order valence-electron chi connectivity index (χ4n) is 2.50. The van der Waals surface area contributed by atoms with Crippen LogP contribution in [0.3, 0.4) is 0 Å². The number of benzene rings is 2. The predicted molar refractivity (Wildman–Crippen MR) is 95.2 cm³/mol. The molecule has 0 atom stereocenters. The molecule has 3 aromatic rings. The Bertz CT molecular complexity index is 863. The Morgan fingerprint density at radius 1 is 1.24 bits per heavy atom. The second kappa shape index (κ2) is 7.49. The van der Waals surface area contributed by atoms with Gasteiger partial charge in [0.1, 0.15) is 5.82 Å². The third-order valence-corrected chi connectivity index (χ3v) is 4.26. The van der Waals surface area contributed by atoms with Crippen LogP contribution in [0.15, 0.2) is 60.9 Å². The fourth-order valence-corrected chi connectivity index (χ4v) is 2.73. The highest BCUT2D eigenvalue weighted by atomic mass is 35.5. The van der Waals surface area contributed by atoms with Gasteiger partial charge in [-0.3, -0.25) is 4.79 Å². The molecule has 4 nitrogen and oxygen atoms in total. The van der Waals surface area contributed by atoms with Crippen LogP contribution < -0.4 is 0 Å². The summed E-state index contributed by atoms with van der Waals surface area (Å²) in [5, 5.41) is 4.45. The molecular formula is C19H17ClFN3O. The van der Waals surface area contributed by atoms with Crippen molar-refractivity contribution in [3.8, 4) is 5.69 Å². The van der Waals surface area contributed by atoms with Crippen molar-refractivity contribution in [2.75, 3.05) is 7.05 Å². The van der Waals surface area contributed by atoms with Gasteiger partial charge in [0.05, 0.1) is 12.1 Å². The molecule has 0 saturated heterocycles. The number of likely N-dealkylation sites (N-methyl/N-ethyl adjacent to an activating group) is 1. The molecule has 1 amide bonds. The van der Waals surface area contributed by atoms with Gasteiger partial charge in [0, 0.05) is 31.0 Å². The molecule has 0 saturated carbocycles. The van der Waals surface area contributed by atoms with Crippen LogP contribution in [0.1, 0.15) is 11.1 Å². The topological polar surface area (TPSA) is 38.1 Å². The standard InChI is InChI=1S/C19H17ClFN3O/c1-23(19(25)11-15-5-6-16(21)12-18(15)20)13-14-3-7-17(8-4-14)24-10-2-9-22-24/h2-10,12H,11,13H2,1H3. The fraction of sp³-hybridized carbons (Fsp3) is 0.158. The van der Waals surface area contributed by atoms with E-state index >= 15 is 0 Å². The molecule has 0 fully saturated rings. The van der Waals surface area contributed by atoms with Crippen LogP contribution in [0.5, 0.6) is 0 Å². The van der Waals surface area contributed by atoms with Crippen molar-refractivity contribution in [2.24, 2.45) is 0 Å². The molecule has 1 aromatic heterocycles. The van der Waals surface area contributed by atoms with Crippen molar-refractivity contribution in [3.63, 3.8) is 0 Å². The van der Waals surface area contributed by atoms with Crippen molar-refractivity contribution >= 4 is 17.5 Å². The summed E-state index contributed by atoms with van der Waals surface area (Å²) in [6, 6.07) is 13.8. The Morgan fingerprint density at radius 3 is 2.64 bits per heavy atom. The molecule has 2 aromatic carbocycles. The number of aromatic nitrogens is 2. The molecule has 0 aliphatic heterocycles. The van der Waals surface area contributed by atoms with Gasteiger partial charge in [-0.05, 0) is 41.5 Å². The molecule has 128 valence electrons. The zero-order valence-corrected chi connectivity index (χ0v) is 14.4. The van der Waals surface area contributed by atoms with E-state index < -0.39 is 5.82 Å². The van der Waals surface area contributed by atoms with Gasteiger partial charge in [-0.1, -0.05) is 29.8 Å². The summed E-state index contributed by atoms with van der Waals surface area (Å²) in [5.74, 6) is -0.489. The summed E-state index contributed by atoms with van der Waals surface area (Å²) < 4.78 is 14.9. The summed E-state index contributed by atoms with van der Waals surface area (Å²) in [7, 11) is 1.74. The number of hydrogen-bond acceptors (Lipinski definition) is 2. The number of hydrogen-bond donors (Lipinski definition) is 0. The lowest BCUT2D eigenvalue weighted by Crippen LogP contribution is -2.27. The van der Waals surface area contributed by atoms with Crippen molar-refractivity contribution in [2.45, 2.75) is 13.0 Å². The van der Waals surface area contributed by atoms with Crippen molar-refractivity contribution in [3.05, 3.63) is 82.9 Å². The Kier molecular flexibility index (Phi) is 5.14. The first-order chi connectivity index (χ1) is 12.0. The Balaban J connectivity index is 1.63. The molecule has 6 heteroatoms. The molecule has 1 heterocycles. The van der Waals surface area contributed by atoms with Crippen LogP contribution in [-0.2, 0) is 17.8 Å². The monoisotopic (exact) mass is 357 g/mol. The number of nitrogens with zero attached hydrogens (tertiary/aromatic N) is 3. The van der Waals surface area contributed by atoms with Crippen LogP contribution in [0.25, 0.3) is 5.69 Å². The summed E-state index contributed by atoms with van der Waals surface area (Å²) in [6.07, 6.45) is 3.74. The van der Waals surface area contributed by atoms with Crippen molar-refractivity contribution in [1.82, 2.24) is 14.7 Å². The molecule has 0 aliphatic carbocycles. The third kappa shape index (κ3) is 4.25. The highest BCUT2D eigenvalue weighted by molar-refractivity contribution is 6.31. The second-order valence-corrected chi connectivity index (χ2v) is 6.19. The maximum Gasteiger partial charge on any atom is 0.227 e. The zero-order valence-electron chi connectivity index (χ0n) is 13.7. The van der Waals surface area contributed by atoms with E-state index in [4.69, 9.17) is 11.6 Å². The number of rotatable bonds is 5. The van der Waals surface area contributed by atoms with Gasteiger partial charge in [-0.25, -0.2) is 9.07 Å². The normalized spacial score (nSPS) is 10.7. The average Bonchev–Trinajstić information content (AvgIpc) is 3.12. The summed E-state index contributed by atoms with van der Waals surface area (Å²) >= 11 is 5.99. The first kappa shape index (κ1) is 17.2. The third-order valence-electron chi connectivity index (χ3n) is 3.91. The number of carbonyl (C=O) groups is 1. The van der Waals surface area contributed by atoms with E-state index in [0.717, 1.165) is 11.3 Å². The highest BCUT2D eigenvalue weighted by Crippen LogP contribution is 2.19. The van der Waals surface area contributed by atoms with E-state index in [9.17, 15) is 9.18 Å². The molecule has 0 radical (unpaired) electrons. The molecule has 0 N–H and O–H groups in total. The summed E-state index contributed by atoms with van der Waals surface area (Å²) in [5.41, 5.74) is 2.59. The smallest absolute Gasteiger partial charge is 0.227 e. The summed E-state index contributed by atoms with van der Waals surface area (Å²) in [4.78, 5) is 14.0. The lowest BCUT2D eigenvalue weighted by atomic mass is 10.1. The quantitative estimate of drug-likeness (QED) is 0.695. The van der Waals surface area contributed by atoms with E-state index in [0.29, 0.717) is 12.1 Å². The van der Waals surface area contributed by atoms with E-state index in [1.807, 2.05) is 36.5 Å². The lowest BCUT2D eigenvalue weighted by molar-refractivity contribution is -0.129. The molecule has 0 spiro atoms. The van der Waals surface area contributed by atoms with Crippen LogP contribution in [0.4, 0.5) is 4.39 Å². The average molecular weight is 358 g/mol. The Morgan fingerprint density at radius 2 is 2.00 bits per heavy atom. The van der Waals surface area contributed by atoms with Gasteiger partial charge in [-0.2, -0.15) is 5.10 Å². The second-order valence-electron chi connectivity index (χ2n) is 5.78. The maximum atomic E-state index is 13.1. The first-order valence-corrected chi connectivity index (χ1v) is 8.17. The van der Waals surface area contributed by atoms with Gasteiger partial charge in [0.25, 0.3) is 0 Å². The largest absolute Gasteiger partial charge is 0.341 e. The highest BCUT2D eigenvalue weighted by Gasteiger charge is 2.13. The van der Waals surface area contributed by atoms with E-state index in [-0.39, 0.29) is 17.4 Å². The van der Waals surface area contributed by atoms with Gasteiger partial charge in [0.15, 0.2) is 0 Å². The summed E-state index contributed by atoms with van der Waals surface area (Å²) in [6.45, 7) is 0.483.